The maximum absolute atomic E-state index is 12.2. The molecule has 0 aromatic carbocycles. The zero-order valence-corrected chi connectivity index (χ0v) is 14.0. The van der Waals surface area contributed by atoms with Crippen LogP contribution >= 0.6 is 0 Å². The molecule has 7 nitrogen and oxygen atoms in total. The van der Waals surface area contributed by atoms with Gasteiger partial charge in [-0.15, -0.1) is 5.10 Å². The Kier molecular flexibility index (Phi) is 5.18. The molecule has 1 aromatic rings. The van der Waals surface area contributed by atoms with Crippen LogP contribution in [0, 0.1) is 0 Å². The van der Waals surface area contributed by atoms with Crippen molar-refractivity contribution in [1.29, 1.82) is 0 Å². The van der Waals surface area contributed by atoms with Crippen molar-refractivity contribution in [3.05, 3.63) is 23.5 Å². The number of aromatic nitrogens is 2. The van der Waals surface area contributed by atoms with Crippen LogP contribution in [0.5, 0.6) is 0 Å². The fraction of sp³-hybridized carbons (Fsp3) is 0.625. The molecule has 0 aliphatic carbocycles. The molecular weight excluding hydrogens is 298 g/mol. The number of piperidine rings is 1. The van der Waals surface area contributed by atoms with E-state index in [4.69, 9.17) is 4.74 Å². The van der Waals surface area contributed by atoms with Gasteiger partial charge in [-0.3, -0.25) is 0 Å². The molecule has 1 unspecified atom stereocenters. The highest BCUT2D eigenvalue weighted by Gasteiger charge is 2.29. The van der Waals surface area contributed by atoms with Gasteiger partial charge in [0.05, 0.1) is 12.8 Å². The number of carbonyl (C=O) groups excluding carboxylic acids is 2. The molecule has 1 atom stereocenters. The summed E-state index contributed by atoms with van der Waals surface area (Å²) in [6, 6.07) is 3.36. The van der Waals surface area contributed by atoms with E-state index in [2.05, 4.69) is 14.9 Å². The van der Waals surface area contributed by atoms with Crippen molar-refractivity contribution in [2.75, 3.05) is 20.2 Å². The Balaban J connectivity index is 2.03. The summed E-state index contributed by atoms with van der Waals surface area (Å²) in [4.78, 5) is 25.3. The second-order valence-electron chi connectivity index (χ2n) is 6.60. The molecule has 126 valence electrons. The minimum atomic E-state index is -0.511. The van der Waals surface area contributed by atoms with Gasteiger partial charge in [0, 0.05) is 19.0 Å². The van der Waals surface area contributed by atoms with Gasteiger partial charge in [-0.25, -0.2) is 9.59 Å². The Hall–Kier alpha value is -2.18. The van der Waals surface area contributed by atoms with Gasteiger partial charge in [0.2, 0.25) is 0 Å². The molecule has 1 aromatic heterocycles. The lowest BCUT2D eigenvalue weighted by Gasteiger charge is -2.33. The fourth-order valence-corrected chi connectivity index (χ4v) is 2.48. The molecule has 1 amide bonds. The number of methoxy groups -OCH3 is 1. The van der Waals surface area contributed by atoms with Crippen LogP contribution in [0.1, 0.15) is 55.7 Å². The lowest BCUT2D eigenvalue weighted by Crippen LogP contribution is -2.42. The van der Waals surface area contributed by atoms with Gasteiger partial charge < -0.3 is 14.4 Å². The molecule has 2 rings (SSSR count). The van der Waals surface area contributed by atoms with E-state index in [0.29, 0.717) is 13.1 Å². The zero-order chi connectivity index (χ0) is 17.0. The monoisotopic (exact) mass is 321 g/mol. The fourth-order valence-electron chi connectivity index (χ4n) is 2.48. The Morgan fingerprint density at radius 1 is 1.26 bits per heavy atom. The van der Waals surface area contributed by atoms with Gasteiger partial charge in [0.15, 0.2) is 5.69 Å². The molecule has 0 spiro atoms. The van der Waals surface area contributed by atoms with Gasteiger partial charge in [-0.2, -0.15) is 5.10 Å². The highest BCUT2D eigenvalue weighted by atomic mass is 16.6. The SMILES string of the molecule is COC(=O)c1ccc(C2CCCN(C(=O)OC(C)(C)C)C2)nn1. The molecule has 1 saturated heterocycles. The molecule has 0 N–H and O–H groups in total. The van der Waals surface area contributed by atoms with E-state index in [9.17, 15) is 9.59 Å². The standard InChI is InChI=1S/C16H23N3O4/c1-16(2,3)23-15(21)19-9-5-6-11(10-19)12-7-8-13(18-17-12)14(20)22-4/h7-8,11H,5-6,9-10H2,1-4H3. The smallest absolute Gasteiger partial charge is 0.410 e. The van der Waals surface area contributed by atoms with E-state index >= 15 is 0 Å². The predicted molar refractivity (Wildman–Crippen MR) is 83.2 cm³/mol. The summed E-state index contributed by atoms with van der Waals surface area (Å²) >= 11 is 0. The van der Waals surface area contributed by atoms with E-state index in [-0.39, 0.29) is 17.7 Å². The average molecular weight is 321 g/mol. The van der Waals surface area contributed by atoms with Gasteiger partial charge in [0.1, 0.15) is 5.60 Å². The Morgan fingerprint density at radius 3 is 2.57 bits per heavy atom. The van der Waals surface area contributed by atoms with Crippen molar-refractivity contribution in [3.63, 3.8) is 0 Å². The van der Waals surface area contributed by atoms with Gasteiger partial charge >= 0.3 is 12.1 Å². The Labute approximate surface area is 136 Å². The van der Waals surface area contributed by atoms with Gasteiger partial charge in [-0.1, -0.05) is 0 Å². The van der Waals surface area contributed by atoms with Crippen molar-refractivity contribution in [1.82, 2.24) is 15.1 Å². The quantitative estimate of drug-likeness (QED) is 0.778. The Morgan fingerprint density at radius 2 is 2.00 bits per heavy atom. The maximum atomic E-state index is 12.2. The third kappa shape index (κ3) is 4.64. The normalized spacial score (nSPS) is 18.4. The summed E-state index contributed by atoms with van der Waals surface area (Å²) in [5, 5.41) is 8.00. The minimum absolute atomic E-state index is 0.0930. The topological polar surface area (TPSA) is 81.6 Å². The zero-order valence-electron chi connectivity index (χ0n) is 14.0. The maximum Gasteiger partial charge on any atom is 0.410 e. The first-order valence-electron chi connectivity index (χ1n) is 7.70. The number of esters is 1. The third-order valence-corrected chi connectivity index (χ3v) is 3.57. The molecule has 0 saturated carbocycles. The lowest BCUT2D eigenvalue weighted by molar-refractivity contribution is 0.0197. The van der Waals surface area contributed by atoms with Crippen LogP contribution in [-0.2, 0) is 9.47 Å². The van der Waals surface area contributed by atoms with E-state index < -0.39 is 11.6 Å². The molecule has 1 aliphatic rings. The van der Waals surface area contributed by atoms with Crippen LogP contribution in [0.15, 0.2) is 12.1 Å². The average Bonchev–Trinajstić information content (AvgIpc) is 2.53. The summed E-state index contributed by atoms with van der Waals surface area (Å²) in [6.07, 6.45) is 1.50. The number of carbonyl (C=O) groups is 2. The van der Waals surface area contributed by atoms with E-state index in [1.807, 2.05) is 20.8 Å². The minimum Gasteiger partial charge on any atom is -0.464 e. The Bertz CT molecular complexity index is 566. The molecule has 0 radical (unpaired) electrons. The molecule has 1 fully saturated rings. The second-order valence-corrected chi connectivity index (χ2v) is 6.60. The number of hydrogen-bond donors (Lipinski definition) is 0. The summed E-state index contributed by atoms with van der Waals surface area (Å²) in [5.41, 5.74) is 0.438. The number of amides is 1. The van der Waals surface area contributed by atoms with E-state index in [1.54, 1.807) is 17.0 Å². The van der Waals surface area contributed by atoms with E-state index in [1.165, 1.54) is 7.11 Å². The van der Waals surface area contributed by atoms with Crippen LogP contribution in [0.25, 0.3) is 0 Å². The summed E-state index contributed by atoms with van der Waals surface area (Å²) in [5.74, 6) is -0.418. The van der Waals surface area contributed by atoms with E-state index in [0.717, 1.165) is 18.5 Å². The van der Waals surface area contributed by atoms with Gasteiger partial charge in [-0.05, 0) is 45.7 Å². The molecule has 2 heterocycles. The summed E-state index contributed by atoms with van der Waals surface area (Å²) < 4.78 is 10.0. The van der Waals surface area contributed by atoms with Crippen molar-refractivity contribution >= 4 is 12.1 Å². The molecule has 0 bridgehead atoms. The number of rotatable bonds is 2. The van der Waals surface area contributed by atoms with Crippen LogP contribution in [0.2, 0.25) is 0 Å². The number of nitrogens with zero attached hydrogens (tertiary/aromatic N) is 3. The first-order valence-corrected chi connectivity index (χ1v) is 7.70. The number of hydrogen-bond acceptors (Lipinski definition) is 6. The van der Waals surface area contributed by atoms with Crippen molar-refractivity contribution in [3.8, 4) is 0 Å². The predicted octanol–water partition coefficient (Wildman–Crippen LogP) is 2.38. The second kappa shape index (κ2) is 6.93. The van der Waals surface area contributed by atoms with Crippen molar-refractivity contribution in [2.24, 2.45) is 0 Å². The molecule has 7 heteroatoms. The lowest BCUT2D eigenvalue weighted by atomic mass is 9.95. The molecular formula is C16H23N3O4. The largest absolute Gasteiger partial charge is 0.464 e. The van der Waals surface area contributed by atoms with Crippen LogP contribution < -0.4 is 0 Å². The first-order chi connectivity index (χ1) is 10.8. The van der Waals surface area contributed by atoms with Crippen molar-refractivity contribution in [2.45, 2.75) is 45.1 Å². The van der Waals surface area contributed by atoms with Crippen LogP contribution in [0.3, 0.4) is 0 Å². The van der Waals surface area contributed by atoms with Crippen LogP contribution in [-0.4, -0.2) is 53.0 Å². The summed E-state index contributed by atoms with van der Waals surface area (Å²) in [7, 11) is 1.30. The van der Waals surface area contributed by atoms with Crippen molar-refractivity contribution < 1.29 is 19.1 Å². The first kappa shape index (κ1) is 17.2. The highest BCUT2D eigenvalue weighted by Crippen LogP contribution is 2.26. The molecule has 23 heavy (non-hydrogen) atoms. The van der Waals surface area contributed by atoms with Crippen LogP contribution in [0.4, 0.5) is 4.79 Å². The van der Waals surface area contributed by atoms with Gasteiger partial charge in [0.25, 0.3) is 0 Å². The summed E-state index contributed by atoms with van der Waals surface area (Å²) in [6.45, 7) is 6.77. The molecule has 1 aliphatic heterocycles. The number of likely N-dealkylation sites (tertiary alicyclic amines) is 1. The third-order valence-electron chi connectivity index (χ3n) is 3.57. The number of ether oxygens (including phenoxy) is 2. The highest BCUT2D eigenvalue weighted by molar-refractivity contribution is 5.86.